The highest BCUT2D eigenvalue weighted by Crippen LogP contribution is 2.39. The van der Waals surface area contributed by atoms with Crippen molar-refractivity contribution in [3.63, 3.8) is 0 Å². The molecule has 1 saturated carbocycles. The number of aromatic nitrogens is 6. The van der Waals surface area contributed by atoms with Gasteiger partial charge in [-0.3, -0.25) is 19.1 Å². The van der Waals surface area contributed by atoms with Crippen LogP contribution >= 0.6 is 11.6 Å². The first-order valence-corrected chi connectivity index (χ1v) is 14.9. The average molecular weight is 599 g/mol. The molecule has 4 N–H and O–H groups in total. The highest BCUT2D eigenvalue weighted by Gasteiger charge is 2.27. The Morgan fingerprint density at radius 2 is 1.91 bits per heavy atom. The third kappa shape index (κ3) is 5.91. The number of nitrogens with two attached hydrogens (primary N) is 1. The quantitative estimate of drug-likeness (QED) is 0.290. The molecule has 1 aromatic carbocycles. The minimum Gasteiger partial charge on any atom is -0.320 e. The molecule has 3 aromatic heterocycles. The molecule has 0 radical (unpaired) electrons. The van der Waals surface area contributed by atoms with Gasteiger partial charge in [0.05, 0.1) is 48.4 Å². The van der Waals surface area contributed by atoms with E-state index in [-0.39, 0.29) is 17.4 Å². The molecular formula is C31H33ClN9O2+. The van der Waals surface area contributed by atoms with Crippen molar-refractivity contribution in [2.75, 3.05) is 7.05 Å². The fourth-order valence-electron chi connectivity index (χ4n) is 5.56. The zero-order valence-corrected chi connectivity index (χ0v) is 24.8. The van der Waals surface area contributed by atoms with Crippen LogP contribution in [0.5, 0.6) is 0 Å². The third-order valence-corrected chi connectivity index (χ3v) is 8.37. The number of carbonyl (C=O) groups is 1. The zero-order chi connectivity index (χ0) is 30.1. The Hall–Kier alpha value is -4.48. The lowest BCUT2D eigenvalue weighted by atomic mass is 9.96. The van der Waals surface area contributed by atoms with Gasteiger partial charge in [-0.15, -0.1) is 5.10 Å². The van der Waals surface area contributed by atoms with Crippen molar-refractivity contribution in [1.29, 1.82) is 5.41 Å². The predicted octanol–water partition coefficient (Wildman–Crippen LogP) is 3.45. The lowest BCUT2D eigenvalue weighted by Gasteiger charge is -2.22. The molecule has 0 spiro atoms. The maximum Gasteiger partial charge on any atom is 0.254 e. The highest BCUT2D eigenvalue weighted by atomic mass is 35.5. The number of quaternary nitrogens is 1. The summed E-state index contributed by atoms with van der Waals surface area (Å²) in [4.78, 5) is 36.0. The molecule has 12 heteroatoms. The Kier molecular flexibility index (Phi) is 8.00. The molecule has 2 atom stereocenters. The summed E-state index contributed by atoms with van der Waals surface area (Å²) >= 11 is 6.39. The molecule has 1 amide bonds. The average Bonchev–Trinajstić information content (AvgIpc) is 3.75. The van der Waals surface area contributed by atoms with Crippen LogP contribution in [0.1, 0.15) is 67.9 Å². The Balaban J connectivity index is 1.41. The van der Waals surface area contributed by atoms with Gasteiger partial charge in [-0.2, -0.15) is 0 Å². The van der Waals surface area contributed by atoms with Crippen LogP contribution in [-0.2, 0) is 4.79 Å². The number of nitrogens with zero attached hydrogens (tertiary/aromatic N) is 6. The summed E-state index contributed by atoms with van der Waals surface area (Å²) in [5, 5.41) is 21.9. The second kappa shape index (κ2) is 12.0. The van der Waals surface area contributed by atoms with E-state index in [0.29, 0.717) is 58.5 Å². The molecule has 2 unspecified atom stereocenters. The van der Waals surface area contributed by atoms with Crippen LogP contribution in [-0.4, -0.2) is 48.7 Å². The first kappa shape index (κ1) is 28.6. The van der Waals surface area contributed by atoms with Crippen molar-refractivity contribution in [2.45, 2.75) is 51.0 Å². The van der Waals surface area contributed by atoms with E-state index in [1.54, 1.807) is 33.9 Å². The van der Waals surface area contributed by atoms with Crippen LogP contribution in [0.2, 0.25) is 5.02 Å². The Labute approximate surface area is 253 Å². The van der Waals surface area contributed by atoms with Crippen molar-refractivity contribution in [2.24, 2.45) is 5.92 Å². The lowest BCUT2D eigenvalue weighted by Crippen LogP contribution is -2.77. The van der Waals surface area contributed by atoms with E-state index in [4.69, 9.17) is 22.0 Å². The van der Waals surface area contributed by atoms with Gasteiger partial charge in [-0.05, 0) is 56.0 Å². The van der Waals surface area contributed by atoms with Gasteiger partial charge in [0.2, 0.25) is 5.91 Å². The summed E-state index contributed by atoms with van der Waals surface area (Å²) < 4.78 is 3.32. The summed E-state index contributed by atoms with van der Waals surface area (Å²) in [5.41, 5.74) is 5.25. The molecule has 4 aromatic rings. The van der Waals surface area contributed by atoms with Crippen LogP contribution in [0, 0.1) is 11.3 Å². The zero-order valence-electron chi connectivity index (χ0n) is 24.0. The molecule has 0 saturated heterocycles. The van der Waals surface area contributed by atoms with Gasteiger partial charge < -0.3 is 16.0 Å². The molecule has 2 bridgehead atoms. The molecule has 1 fully saturated rings. The summed E-state index contributed by atoms with van der Waals surface area (Å²) in [5.74, 6) is 0.0528. The normalized spacial score (nSPS) is 19.4. The minimum atomic E-state index is -0.402. The molecule has 4 heterocycles. The van der Waals surface area contributed by atoms with Crippen molar-refractivity contribution in [3.05, 3.63) is 93.1 Å². The highest BCUT2D eigenvalue weighted by molar-refractivity contribution is 6.31. The smallest absolute Gasteiger partial charge is 0.254 e. The standard InChI is InChI=1S/C31H32ClN9O2/c1-18-4-3-5-28(24-12-20(10-11-35-24)30(34-2)25(15-33)37-31(18)43)40-17-36-23(14-29(40)42)22-13-21(32)8-9-27(22)41-16-26(38-39-41)19-6-7-19/h8-19,28,33-34H,3-7H2,1-2H3,(H,37,43)/p+1. The lowest BCUT2D eigenvalue weighted by molar-refractivity contribution is -0.531. The molecular weight excluding hydrogens is 566 g/mol. The maximum absolute atomic E-state index is 13.8. The van der Waals surface area contributed by atoms with Gasteiger partial charge in [0.1, 0.15) is 5.70 Å². The molecule has 1 aliphatic heterocycles. The van der Waals surface area contributed by atoms with Crippen molar-refractivity contribution in [1.82, 2.24) is 34.8 Å². The Morgan fingerprint density at radius 3 is 2.65 bits per heavy atom. The van der Waals surface area contributed by atoms with Gasteiger partial charge in [0.25, 0.3) is 5.56 Å². The fraction of sp³-hybridized carbons (Fsp3) is 0.323. The number of nitrogens with one attached hydrogen (secondary N) is 2. The second-order valence-electron chi connectivity index (χ2n) is 11.1. The van der Waals surface area contributed by atoms with E-state index >= 15 is 0 Å². The molecule has 6 rings (SSSR count). The van der Waals surface area contributed by atoms with E-state index < -0.39 is 6.04 Å². The number of hydrogen-bond acceptors (Lipinski definition) is 7. The second-order valence-corrected chi connectivity index (χ2v) is 11.5. The predicted molar refractivity (Wildman–Crippen MR) is 163 cm³/mol. The molecule has 43 heavy (non-hydrogen) atoms. The van der Waals surface area contributed by atoms with Crippen molar-refractivity contribution in [3.8, 4) is 16.9 Å². The Morgan fingerprint density at radius 1 is 1.07 bits per heavy atom. The van der Waals surface area contributed by atoms with E-state index in [9.17, 15) is 9.59 Å². The minimum absolute atomic E-state index is 0.138. The SMILES string of the molecule is C[NH2+]C1=C(C=N)NC(=O)C(C)CCCC(n2cnc(-c3cc(Cl)ccc3-n3cc(C4CC4)nn3)cc2=O)c2cc1ccn2. The van der Waals surface area contributed by atoms with E-state index in [2.05, 4.69) is 20.6 Å². The third-order valence-electron chi connectivity index (χ3n) is 8.14. The van der Waals surface area contributed by atoms with E-state index in [1.165, 1.54) is 6.07 Å². The number of amides is 1. The number of halogens is 1. The van der Waals surface area contributed by atoms with Crippen molar-refractivity contribution >= 4 is 29.4 Å². The van der Waals surface area contributed by atoms with Crippen LogP contribution in [0.25, 0.3) is 22.6 Å². The number of pyridine rings is 1. The molecule has 2 aliphatic rings. The monoisotopic (exact) mass is 598 g/mol. The summed E-state index contributed by atoms with van der Waals surface area (Å²) in [6.07, 6.45) is 10.5. The molecule has 11 nitrogen and oxygen atoms in total. The van der Waals surface area contributed by atoms with Gasteiger partial charge >= 0.3 is 0 Å². The number of rotatable bonds is 6. The summed E-state index contributed by atoms with van der Waals surface area (Å²) in [6.45, 7) is 1.87. The van der Waals surface area contributed by atoms with Crippen LogP contribution in [0.15, 0.2) is 65.6 Å². The number of benzene rings is 1. The van der Waals surface area contributed by atoms with Crippen molar-refractivity contribution < 1.29 is 10.1 Å². The van der Waals surface area contributed by atoms with Gasteiger partial charge in [-0.25, -0.2) is 9.67 Å². The molecule has 220 valence electrons. The van der Waals surface area contributed by atoms with Crippen LogP contribution in [0.3, 0.4) is 0 Å². The number of hydrogen-bond donors (Lipinski definition) is 3. The summed E-state index contributed by atoms with van der Waals surface area (Å²) in [7, 11) is 1.86. The largest absolute Gasteiger partial charge is 0.320 e. The van der Waals surface area contributed by atoms with Crippen LogP contribution in [0.4, 0.5) is 0 Å². The first-order chi connectivity index (χ1) is 20.9. The Bertz CT molecular complexity index is 1790. The van der Waals surface area contributed by atoms with Gasteiger partial charge in [0.15, 0.2) is 5.70 Å². The fourth-order valence-corrected chi connectivity index (χ4v) is 5.73. The van der Waals surface area contributed by atoms with E-state index in [1.807, 2.05) is 43.7 Å². The summed E-state index contributed by atoms with van der Waals surface area (Å²) in [6, 6.07) is 10.3. The first-order valence-electron chi connectivity index (χ1n) is 14.5. The van der Waals surface area contributed by atoms with Crippen LogP contribution < -0.4 is 16.2 Å². The molecule has 1 aliphatic carbocycles. The van der Waals surface area contributed by atoms with E-state index in [0.717, 1.165) is 36.0 Å². The number of allylic oxidation sites excluding steroid dienone is 1. The van der Waals surface area contributed by atoms with Gasteiger partial charge in [-0.1, -0.05) is 30.2 Å². The number of carbonyl (C=O) groups excluding carboxylic acids is 1. The number of fused-ring (bicyclic) bond motifs is 2. The topological polar surface area (TPSA) is 148 Å². The maximum atomic E-state index is 13.8. The van der Waals surface area contributed by atoms with Gasteiger partial charge in [0, 0.05) is 46.5 Å².